The number of methoxy groups -OCH3 is 1. The highest BCUT2D eigenvalue weighted by atomic mass is 19.3. The number of benzene rings is 1. The van der Waals surface area contributed by atoms with Crippen LogP contribution in [0.4, 0.5) is 23.8 Å². The van der Waals surface area contributed by atoms with Gasteiger partial charge in [-0.1, -0.05) is 12.1 Å². The number of rotatable bonds is 5. The van der Waals surface area contributed by atoms with Gasteiger partial charge in [-0.25, -0.2) is 22.9 Å². The first-order valence-corrected chi connectivity index (χ1v) is 14.1. The fourth-order valence-corrected chi connectivity index (χ4v) is 5.77. The van der Waals surface area contributed by atoms with E-state index >= 15 is 0 Å². The number of anilines is 1. The standard InChI is InChI=1S/C30H34F3N5O5/c1-28(2,3)43-27(41)38-22-8-9-24(35-21(22)16-34-38)36-25(39)23-15-19(31)17-37(23)26(40)29(10-12-30(32,33)13-11-29)18-6-5-7-20(14-18)42-4/h5-9,14,16,19,23H,10-13,15,17H2,1-4H3,(H,35,36,39)/t19-,23-/m1/s1. The molecule has 43 heavy (non-hydrogen) atoms. The van der Waals surface area contributed by atoms with Crippen LogP contribution in [0, 0.1) is 0 Å². The Labute approximate surface area is 246 Å². The number of likely N-dealkylation sites (tertiary alicyclic amines) is 1. The lowest BCUT2D eigenvalue weighted by Gasteiger charge is -2.42. The first-order valence-electron chi connectivity index (χ1n) is 14.1. The van der Waals surface area contributed by atoms with E-state index in [2.05, 4.69) is 15.4 Å². The molecule has 2 aliphatic rings. The molecule has 0 spiro atoms. The van der Waals surface area contributed by atoms with Crippen molar-refractivity contribution in [1.82, 2.24) is 19.7 Å². The zero-order chi connectivity index (χ0) is 31.2. The van der Waals surface area contributed by atoms with Crippen LogP contribution in [0.2, 0.25) is 0 Å². The zero-order valence-electron chi connectivity index (χ0n) is 24.4. The number of nitrogens with zero attached hydrogens (tertiary/aromatic N) is 4. The van der Waals surface area contributed by atoms with Gasteiger partial charge in [0.1, 0.15) is 34.9 Å². The fourth-order valence-electron chi connectivity index (χ4n) is 5.77. The minimum atomic E-state index is -2.92. The third-order valence-electron chi connectivity index (χ3n) is 7.92. The van der Waals surface area contributed by atoms with Crippen molar-refractivity contribution >= 4 is 34.8 Å². The second-order valence-corrected chi connectivity index (χ2v) is 12.1. The van der Waals surface area contributed by atoms with E-state index in [0.717, 1.165) is 4.68 Å². The largest absolute Gasteiger partial charge is 0.497 e. The summed E-state index contributed by atoms with van der Waals surface area (Å²) < 4.78 is 55.1. The van der Waals surface area contributed by atoms with E-state index in [4.69, 9.17) is 9.47 Å². The highest BCUT2D eigenvalue weighted by molar-refractivity contribution is 6.00. The van der Waals surface area contributed by atoms with Gasteiger partial charge in [0.15, 0.2) is 0 Å². The summed E-state index contributed by atoms with van der Waals surface area (Å²) in [7, 11) is 1.46. The number of carbonyl (C=O) groups excluding carboxylic acids is 3. The number of amides is 2. The normalized spacial score (nSPS) is 21.4. The summed E-state index contributed by atoms with van der Waals surface area (Å²) in [6.45, 7) is 4.84. The summed E-state index contributed by atoms with van der Waals surface area (Å²) in [6, 6.07) is 8.48. The van der Waals surface area contributed by atoms with Gasteiger partial charge < -0.3 is 19.7 Å². The topological polar surface area (TPSA) is 116 Å². The highest BCUT2D eigenvalue weighted by Gasteiger charge is 2.53. The molecule has 10 nitrogen and oxygen atoms in total. The molecule has 2 amide bonds. The molecule has 1 saturated heterocycles. The van der Waals surface area contributed by atoms with Crippen LogP contribution in [0.15, 0.2) is 42.6 Å². The van der Waals surface area contributed by atoms with Crippen LogP contribution in [-0.4, -0.2) is 75.0 Å². The molecule has 1 aliphatic carbocycles. The molecule has 1 aliphatic heterocycles. The number of fused-ring (bicyclic) bond motifs is 1. The van der Waals surface area contributed by atoms with E-state index in [-0.39, 0.29) is 31.6 Å². The molecule has 2 aromatic heterocycles. The molecule has 0 unspecified atom stereocenters. The minimum absolute atomic E-state index is 0.107. The maximum absolute atomic E-state index is 14.8. The van der Waals surface area contributed by atoms with Crippen molar-refractivity contribution in [2.24, 2.45) is 0 Å². The fraction of sp³-hybridized carbons (Fsp3) is 0.500. The summed E-state index contributed by atoms with van der Waals surface area (Å²) in [6.07, 6.45) is -2.42. The average molecular weight is 602 g/mol. The van der Waals surface area contributed by atoms with Gasteiger partial charge in [-0.15, -0.1) is 0 Å². The van der Waals surface area contributed by atoms with Gasteiger partial charge in [0.2, 0.25) is 17.7 Å². The number of halogens is 3. The molecule has 2 fully saturated rings. The van der Waals surface area contributed by atoms with Crippen molar-refractivity contribution in [2.45, 2.75) is 82.0 Å². The van der Waals surface area contributed by atoms with E-state index in [0.29, 0.717) is 22.3 Å². The third kappa shape index (κ3) is 6.16. The monoisotopic (exact) mass is 601 g/mol. The quantitative estimate of drug-likeness (QED) is 0.425. The minimum Gasteiger partial charge on any atom is -0.497 e. The molecule has 1 saturated carbocycles. The van der Waals surface area contributed by atoms with Gasteiger partial charge >= 0.3 is 6.09 Å². The number of hydrogen-bond donors (Lipinski definition) is 1. The maximum atomic E-state index is 14.8. The highest BCUT2D eigenvalue weighted by Crippen LogP contribution is 2.48. The maximum Gasteiger partial charge on any atom is 0.435 e. The summed E-state index contributed by atoms with van der Waals surface area (Å²) in [5.74, 6) is -3.59. The predicted molar refractivity (Wildman–Crippen MR) is 151 cm³/mol. The van der Waals surface area contributed by atoms with Crippen molar-refractivity contribution in [3.63, 3.8) is 0 Å². The Morgan fingerprint density at radius 1 is 1.07 bits per heavy atom. The van der Waals surface area contributed by atoms with E-state index in [1.807, 2.05) is 0 Å². The Hall–Kier alpha value is -4.16. The van der Waals surface area contributed by atoms with Crippen LogP contribution in [0.5, 0.6) is 5.75 Å². The predicted octanol–water partition coefficient (Wildman–Crippen LogP) is 5.25. The molecule has 3 heterocycles. The second-order valence-electron chi connectivity index (χ2n) is 12.1. The first-order chi connectivity index (χ1) is 20.2. The summed E-state index contributed by atoms with van der Waals surface area (Å²) in [4.78, 5) is 45.7. The molecular formula is C30H34F3N5O5. The Kier molecular flexibility index (Phi) is 7.86. The van der Waals surface area contributed by atoms with Crippen LogP contribution in [-0.2, 0) is 19.7 Å². The SMILES string of the molecule is COc1cccc(C2(C(=O)N3C[C@H](F)C[C@@H]3C(=O)Nc3ccc4c(cnn4C(=O)OC(C)(C)C)n3)CCC(F)(F)CC2)c1. The number of hydrogen-bond acceptors (Lipinski definition) is 7. The molecule has 0 radical (unpaired) electrons. The molecular weight excluding hydrogens is 567 g/mol. The van der Waals surface area contributed by atoms with Crippen LogP contribution >= 0.6 is 0 Å². The van der Waals surface area contributed by atoms with Gasteiger partial charge in [0.25, 0.3) is 0 Å². The number of ether oxygens (including phenoxy) is 2. The summed E-state index contributed by atoms with van der Waals surface area (Å²) >= 11 is 0. The first kappa shape index (κ1) is 30.3. The number of aromatic nitrogens is 3. The van der Waals surface area contributed by atoms with Gasteiger partial charge in [0, 0.05) is 19.3 Å². The van der Waals surface area contributed by atoms with E-state index in [9.17, 15) is 27.6 Å². The molecule has 2 atom stereocenters. The van der Waals surface area contributed by atoms with Gasteiger partial charge in [-0.3, -0.25) is 9.59 Å². The summed E-state index contributed by atoms with van der Waals surface area (Å²) in [5, 5.41) is 6.68. The summed E-state index contributed by atoms with van der Waals surface area (Å²) in [5.41, 5.74) is -0.969. The van der Waals surface area contributed by atoms with Crippen molar-refractivity contribution in [2.75, 3.05) is 19.0 Å². The van der Waals surface area contributed by atoms with Crippen LogP contribution < -0.4 is 10.1 Å². The van der Waals surface area contributed by atoms with Crippen LogP contribution in [0.1, 0.15) is 58.4 Å². The van der Waals surface area contributed by atoms with Gasteiger partial charge in [0.05, 0.1) is 30.8 Å². The number of alkyl halides is 3. The smallest absolute Gasteiger partial charge is 0.435 e. The molecule has 0 bridgehead atoms. The molecule has 1 aromatic carbocycles. The second kappa shape index (κ2) is 11.2. The van der Waals surface area contributed by atoms with Crippen LogP contribution in [0.3, 0.4) is 0 Å². The van der Waals surface area contributed by atoms with E-state index < -0.39 is 59.9 Å². The van der Waals surface area contributed by atoms with Crippen molar-refractivity contribution in [3.8, 4) is 5.75 Å². The molecule has 13 heteroatoms. The molecule has 230 valence electrons. The van der Waals surface area contributed by atoms with Gasteiger partial charge in [-0.05, 0) is 63.4 Å². The van der Waals surface area contributed by atoms with Crippen molar-refractivity contribution < 1.29 is 37.0 Å². The Morgan fingerprint density at radius 2 is 1.79 bits per heavy atom. The Balaban J connectivity index is 1.39. The number of pyridine rings is 1. The lowest BCUT2D eigenvalue weighted by molar-refractivity contribution is -0.146. The molecule has 1 N–H and O–H groups in total. The zero-order valence-corrected chi connectivity index (χ0v) is 24.4. The molecule has 3 aromatic rings. The number of carbonyl (C=O) groups is 3. The van der Waals surface area contributed by atoms with E-state index in [1.165, 1.54) is 30.3 Å². The van der Waals surface area contributed by atoms with Gasteiger partial charge in [-0.2, -0.15) is 9.78 Å². The van der Waals surface area contributed by atoms with Crippen molar-refractivity contribution in [1.29, 1.82) is 0 Å². The third-order valence-corrected chi connectivity index (χ3v) is 7.92. The van der Waals surface area contributed by atoms with Crippen molar-refractivity contribution in [3.05, 3.63) is 48.2 Å². The average Bonchev–Trinajstić information content (AvgIpc) is 3.55. The van der Waals surface area contributed by atoms with Crippen LogP contribution in [0.25, 0.3) is 11.0 Å². The lowest BCUT2D eigenvalue weighted by atomic mass is 9.67. The molecule has 5 rings (SSSR count). The Morgan fingerprint density at radius 3 is 2.47 bits per heavy atom. The number of nitrogens with one attached hydrogen (secondary N) is 1. The van der Waals surface area contributed by atoms with E-state index in [1.54, 1.807) is 45.0 Å². The Bertz CT molecular complexity index is 1540. The lowest BCUT2D eigenvalue weighted by Crippen LogP contribution is -2.54.